The Morgan fingerprint density at radius 2 is 2.07 bits per heavy atom. The van der Waals surface area contributed by atoms with E-state index in [1.54, 1.807) is 30.2 Å². The lowest BCUT2D eigenvalue weighted by atomic mass is 10.1. The van der Waals surface area contributed by atoms with Crippen molar-refractivity contribution >= 4 is 37.6 Å². The van der Waals surface area contributed by atoms with Gasteiger partial charge in [0.05, 0.1) is 10.2 Å². The molecule has 0 saturated carbocycles. The molecule has 7 nitrogen and oxygen atoms in total. The summed E-state index contributed by atoms with van der Waals surface area (Å²) in [6.07, 6.45) is 8.81. The Balaban J connectivity index is 1.44. The third-order valence-electron chi connectivity index (χ3n) is 4.59. The first kappa shape index (κ1) is 16.8. The van der Waals surface area contributed by atoms with E-state index in [0.29, 0.717) is 6.54 Å². The maximum absolute atomic E-state index is 4.67. The second kappa shape index (κ2) is 6.65. The molecule has 0 bridgehead atoms. The first-order valence-corrected chi connectivity index (χ1v) is 9.69. The molecular weight excluding hydrogens is 370 g/mol. The summed E-state index contributed by atoms with van der Waals surface area (Å²) in [5.41, 5.74) is 4.23. The van der Waals surface area contributed by atoms with Gasteiger partial charge in [0.15, 0.2) is 0 Å². The Labute approximate surface area is 165 Å². The van der Waals surface area contributed by atoms with Crippen molar-refractivity contribution in [2.75, 3.05) is 5.32 Å². The Bertz CT molecular complexity index is 1270. The van der Waals surface area contributed by atoms with Crippen LogP contribution < -0.4 is 5.32 Å². The topological polar surface area (TPSA) is 81.4 Å². The van der Waals surface area contributed by atoms with Crippen LogP contribution in [-0.4, -0.2) is 29.5 Å². The Kier molecular flexibility index (Phi) is 3.98. The third-order valence-corrected chi connectivity index (χ3v) is 5.67. The second-order valence-corrected chi connectivity index (χ2v) is 7.61. The molecule has 0 aliphatic rings. The van der Waals surface area contributed by atoms with Crippen molar-refractivity contribution in [2.24, 2.45) is 0 Å². The minimum atomic E-state index is 0.628. The Hall–Kier alpha value is -3.39. The van der Waals surface area contributed by atoms with E-state index < -0.39 is 0 Å². The molecule has 0 fully saturated rings. The molecule has 5 heterocycles. The zero-order valence-corrected chi connectivity index (χ0v) is 16.2. The van der Waals surface area contributed by atoms with E-state index in [-0.39, 0.29) is 0 Å². The molecule has 0 unspecified atom stereocenters. The summed E-state index contributed by atoms with van der Waals surface area (Å²) in [4.78, 5) is 23.2. The highest BCUT2D eigenvalue weighted by atomic mass is 32.1. The van der Waals surface area contributed by atoms with Gasteiger partial charge < -0.3 is 5.32 Å². The number of rotatable bonds is 4. The lowest BCUT2D eigenvalue weighted by Gasteiger charge is -2.07. The van der Waals surface area contributed by atoms with E-state index in [1.165, 1.54) is 5.56 Å². The molecule has 0 amide bonds. The van der Waals surface area contributed by atoms with Gasteiger partial charge in [0.25, 0.3) is 0 Å². The van der Waals surface area contributed by atoms with Gasteiger partial charge in [-0.15, -0.1) is 11.3 Å². The number of fused-ring (bicyclic) bond motifs is 3. The number of thiophene rings is 1. The van der Waals surface area contributed by atoms with Gasteiger partial charge in [0, 0.05) is 36.2 Å². The van der Waals surface area contributed by atoms with E-state index in [2.05, 4.69) is 43.2 Å². The molecule has 1 N–H and O–H groups in total. The lowest BCUT2D eigenvalue weighted by molar-refractivity contribution is 0.977. The quantitative estimate of drug-likeness (QED) is 0.501. The van der Waals surface area contributed by atoms with Crippen molar-refractivity contribution < 1.29 is 0 Å². The van der Waals surface area contributed by atoms with Crippen LogP contribution >= 0.6 is 11.3 Å². The minimum Gasteiger partial charge on any atom is -0.365 e. The maximum Gasteiger partial charge on any atom is 0.147 e. The molecule has 0 saturated heterocycles. The molecule has 28 heavy (non-hydrogen) atoms. The Morgan fingerprint density at radius 3 is 2.86 bits per heavy atom. The summed E-state index contributed by atoms with van der Waals surface area (Å²) in [6.45, 7) is 4.75. The molecule has 5 aromatic rings. The number of aromatic nitrogens is 6. The van der Waals surface area contributed by atoms with Crippen molar-refractivity contribution in [2.45, 2.75) is 20.4 Å². The molecule has 5 rings (SSSR count). The first-order chi connectivity index (χ1) is 13.7. The average molecular weight is 387 g/mol. The number of anilines is 1. The van der Waals surface area contributed by atoms with Crippen LogP contribution in [0.5, 0.6) is 0 Å². The molecule has 0 spiro atoms. The van der Waals surface area contributed by atoms with Gasteiger partial charge in [-0.05, 0) is 37.1 Å². The zero-order chi connectivity index (χ0) is 19.1. The van der Waals surface area contributed by atoms with Crippen molar-refractivity contribution in [3.8, 4) is 5.82 Å². The summed E-state index contributed by atoms with van der Waals surface area (Å²) in [7, 11) is 0. The molecular formula is C20H17N7S. The fourth-order valence-corrected chi connectivity index (χ4v) is 4.51. The number of hydrogen-bond acceptors (Lipinski definition) is 7. The highest BCUT2D eigenvalue weighted by Gasteiger charge is 2.14. The van der Waals surface area contributed by atoms with Gasteiger partial charge >= 0.3 is 0 Å². The maximum atomic E-state index is 4.67. The van der Waals surface area contributed by atoms with Gasteiger partial charge in [-0.2, -0.15) is 0 Å². The molecule has 0 aliphatic heterocycles. The van der Waals surface area contributed by atoms with Crippen LogP contribution in [0, 0.1) is 13.8 Å². The van der Waals surface area contributed by atoms with Crippen LogP contribution in [0.25, 0.3) is 26.3 Å². The minimum absolute atomic E-state index is 0.628. The zero-order valence-electron chi connectivity index (χ0n) is 15.4. The van der Waals surface area contributed by atoms with Crippen molar-refractivity contribution in [1.82, 2.24) is 29.5 Å². The van der Waals surface area contributed by atoms with Gasteiger partial charge in [0.1, 0.15) is 29.1 Å². The van der Waals surface area contributed by atoms with E-state index in [0.717, 1.165) is 43.3 Å². The molecule has 0 aliphatic carbocycles. The van der Waals surface area contributed by atoms with Gasteiger partial charge in [-0.3, -0.25) is 4.57 Å². The summed E-state index contributed by atoms with van der Waals surface area (Å²) in [6, 6.07) is 6.12. The molecule has 0 aromatic carbocycles. The summed E-state index contributed by atoms with van der Waals surface area (Å²) < 4.78 is 2.90. The number of hydrogen-bond donors (Lipinski definition) is 1. The van der Waals surface area contributed by atoms with Crippen molar-refractivity contribution in [3.05, 3.63) is 66.3 Å². The monoisotopic (exact) mass is 387 g/mol. The fraction of sp³-hybridized carbons (Fsp3) is 0.150. The van der Waals surface area contributed by atoms with E-state index in [4.69, 9.17) is 0 Å². The number of aryl methyl sites for hydroxylation is 2. The SMILES string of the molecule is Cc1cc(C)c2c(n1)sc1c(NCc3ccc(-n4ccnc4)nc3)ncnc12. The predicted molar refractivity (Wildman–Crippen MR) is 111 cm³/mol. The van der Waals surface area contributed by atoms with Gasteiger partial charge in [-0.1, -0.05) is 6.07 Å². The van der Waals surface area contributed by atoms with Crippen LogP contribution in [0.2, 0.25) is 0 Å². The van der Waals surface area contributed by atoms with E-state index in [9.17, 15) is 0 Å². The molecule has 0 radical (unpaired) electrons. The standard InChI is InChI=1S/C20H17N7S/c1-12-7-13(2)26-20-16(12)17-18(28-20)19(25-10-24-17)23-9-14-3-4-15(22-8-14)27-6-5-21-11-27/h3-8,10-11H,9H2,1-2H3,(H,23,24,25). The fourth-order valence-electron chi connectivity index (χ4n) is 3.29. The Morgan fingerprint density at radius 1 is 1.14 bits per heavy atom. The largest absolute Gasteiger partial charge is 0.365 e. The highest BCUT2D eigenvalue weighted by Crippen LogP contribution is 2.36. The van der Waals surface area contributed by atoms with Gasteiger partial charge in [-0.25, -0.2) is 24.9 Å². The third kappa shape index (κ3) is 2.87. The molecule has 138 valence electrons. The van der Waals surface area contributed by atoms with Gasteiger partial charge in [0.2, 0.25) is 0 Å². The van der Waals surface area contributed by atoms with E-state index in [1.807, 2.05) is 36.0 Å². The van der Waals surface area contributed by atoms with Crippen LogP contribution in [0.4, 0.5) is 5.82 Å². The van der Waals surface area contributed by atoms with Crippen LogP contribution in [0.1, 0.15) is 16.8 Å². The average Bonchev–Trinajstić information content (AvgIpc) is 3.34. The summed E-state index contributed by atoms with van der Waals surface area (Å²) in [5.74, 6) is 1.66. The smallest absolute Gasteiger partial charge is 0.147 e. The predicted octanol–water partition coefficient (Wildman–Crippen LogP) is 4.05. The molecule has 5 aromatic heterocycles. The van der Waals surface area contributed by atoms with E-state index >= 15 is 0 Å². The first-order valence-electron chi connectivity index (χ1n) is 8.87. The lowest BCUT2D eigenvalue weighted by Crippen LogP contribution is -2.03. The molecule has 8 heteroatoms. The number of nitrogens with one attached hydrogen (secondary N) is 1. The van der Waals surface area contributed by atoms with Crippen LogP contribution in [0.15, 0.2) is 49.4 Å². The van der Waals surface area contributed by atoms with Crippen LogP contribution in [0.3, 0.4) is 0 Å². The summed E-state index contributed by atoms with van der Waals surface area (Å²) in [5, 5.41) is 4.54. The highest BCUT2D eigenvalue weighted by molar-refractivity contribution is 7.26. The summed E-state index contributed by atoms with van der Waals surface area (Å²) >= 11 is 1.63. The van der Waals surface area contributed by atoms with Crippen molar-refractivity contribution in [1.29, 1.82) is 0 Å². The number of imidazole rings is 1. The normalized spacial score (nSPS) is 11.4. The second-order valence-electron chi connectivity index (χ2n) is 6.61. The number of nitrogens with zero attached hydrogens (tertiary/aromatic N) is 6. The van der Waals surface area contributed by atoms with Crippen molar-refractivity contribution in [3.63, 3.8) is 0 Å². The number of pyridine rings is 2. The molecule has 0 atom stereocenters. The van der Waals surface area contributed by atoms with Crippen LogP contribution in [-0.2, 0) is 6.54 Å².